The van der Waals surface area contributed by atoms with Gasteiger partial charge in [0, 0.05) is 13.1 Å². The summed E-state index contributed by atoms with van der Waals surface area (Å²) in [6, 6.07) is 7.40. The van der Waals surface area contributed by atoms with Crippen LogP contribution in [0.3, 0.4) is 0 Å². The lowest BCUT2D eigenvalue weighted by atomic mass is 10.2. The first kappa shape index (κ1) is 16.2. The molecule has 5 nitrogen and oxygen atoms in total. The third-order valence-electron chi connectivity index (χ3n) is 3.47. The normalized spacial score (nSPS) is 18.9. The van der Waals surface area contributed by atoms with Crippen molar-refractivity contribution in [1.82, 2.24) is 4.90 Å². The standard InChI is InChI=1S/C14H20N2O3S2/c15-14(20)12-4-1-2-5-13(12)19-9-7-16-6-3-10-21(17,18)11-8-16/h1-2,4-5H,3,6-11H2,(H2,15,20). The Morgan fingerprint density at radius 3 is 2.81 bits per heavy atom. The van der Waals surface area contributed by atoms with E-state index in [0.29, 0.717) is 36.9 Å². The van der Waals surface area contributed by atoms with Crippen molar-refractivity contribution in [2.75, 3.05) is 37.7 Å². The van der Waals surface area contributed by atoms with E-state index >= 15 is 0 Å². The zero-order valence-corrected chi connectivity index (χ0v) is 13.5. The summed E-state index contributed by atoms with van der Waals surface area (Å²) in [7, 11) is -2.86. The monoisotopic (exact) mass is 328 g/mol. The van der Waals surface area contributed by atoms with Crippen molar-refractivity contribution in [3.63, 3.8) is 0 Å². The lowest BCUT2D eigenvalue weighted by molar-refractivity contribution is 0.219. The minimum absolute atomic E-state index is 0.233. The van der Waals surface area contributed by atoms with Crippen LogP contribution in [0, 0.1) is 0 Å². The molecule has 1 saturated heterocycles. The molecule has 0 saturated carbocycles. The molecule has 0 amide bonds. The maximum absolute atomic E-state index is 11.5. The van der Waals surface area contributed by atoms with Gasteiger partial charge in [0.1, 0.15) is 17.3 Å². The maximum Gasteiger partial charge on any atom is 0.151 e. The molecule has 21 heavy (non-hydrogen) atoms. The van der Waals surface area contributed by atoms with Gasteiger partial charge < -0.3 is 10.5 Å². The number of nitrogens with two attached hydrogens (primary N) is 1. The summed E-state index contributed by atoms with van der Waals surface area (Å²) in [6.45, 7) is 2.54. The number of para-hydroxylation sites is 1. The van der Waals surface area contributed by atoms with Gasteiger partial charge in [-0.25, -0.2) is 8.42 Å². The van der Waals surface area contributed by atoms with Crippen LogP contribution in [-0.2, 0) is 9.84 Å². The van der Waals surface area contributed by atoms with Crippen molar-refractivity contribution in [3.8, 4) is 5.75 Å². The van der Waals surface area contributed by atoms with Crippen molar-refractivity contribution in [3.05, 3.63) is 29.8 Å². The predicted molar refractivity (Wildman–Crippen MR) is 87.5 cm³/mol. The molecule has 0 bridgehead atoms. The molecule has 0 spiro atoms. The number of sulfone groups is 1. The summed E-state index contributed by atoms with van der Waals surface area (Å²) >= 11 is 4.99. The van der Waals surface area contributed by atoms with Crippen LogP contribution in [-0.4, -0.2) is 56.1 Å². The molecule has 0 aromatic heterocycles. The first-order valence-corrected chi connectivity index (χ1v) is 9.15. The average molecular weight is 328 g/mol. The van der Waals surface area contributed by atoms with E-state index in [1.165, 1.54) is 0 Å². The molecule has 0 radical (unpaired) electrons. The van der Waals surface area contributed by atoms with Crippen LogP contribution in [0.25, 0.3) is 0 Å². The number of ether oxygens (including phenoxy) is 1. The molecule has 0 unspecified atom stereocenters. The van der Waals surface area contributed by atoms with Crippen LogP contribution in [0.1, 0.15) is 12.0 Å². The van der Waals surface area contributed by atoms with Crippen molar-refractivity contribution in [2.45, 2.75) is 6.42 Å². The van der Waals surface area contributed by atoms with Crippen molar-refractivity contribution in [2.24, 2.45) is 5.73 Å². The molecule has 1 heterocycles. The Hall–Kier alpha value is -1.18. The minimum Gasteiger partial charge on any atom is -0.492 e. The molecule has 1 aromatic rings. The molecule has 0 aliphatic carbocycles. The zero-order chi connectivity index (χ0) is 15.3. The lowest BCUT2D eigenvalue weighted by Crippen LogP contribution is -2.31. The zero-order valence-electron chi connectivity index (χ0n) is 11.8. The van der Waals surface area contributed by atoms with Crippen molar-refractivity contribution >= 4 is 27.0 Å². The second-order valence-corrected chi connectivity index (χ2v) is 7.80. The van der Waals surface area contributed by atoms with Crippen LogP contribution >= 0.6 is 12.2 Å². The first-order valence-electron chi connectivity index (χ1n) is 6.92. The van der Waals surface area contributed by atoms with Gasteiger partial charge in [0.25, 0.3) is 0 Å². The van der Waals surface area contributed by atoms with Gasteiger partial charge in [-0.05, 0) is 25.1 Å². The van der Waals surface area contributed by atoms with Crippen LogP contribution in [0.4, 0.5) is 0 Å². The Bertz CT molecular complexity index is 602. The van der Waals surface area contributed by atoms with E-state index in [4.69, 9.17) is 22.7 Å². The quantitative estimate of drug-likeness (QED) is 0.807. The fraction of sp³-hybridized carbons (Fsp3) is 0.500. The minimum atomic E-state index is -2.86. The van der Waals surface area contributed by atoms with E-state index in [2.05, 4.69) is 4.90 Å². The fourth-order valence-electron chi connectivity index (χ4n) is 2.29. The number of rotatable bonds is 5. The molecule has 2 N–H and O–H groups in total. The number of hydrogen-bond donors (Lipinski definition) is 1. The van der Waals surface area contributed by atoms with Gasteiger partial charge in [-0.3, -0.25) is 4.90 Å². The third-order valence-corrected chi connectivity index (χ3v) is 5.40. The molecule has 1 aromatic carbocycles. The molecule has 1 aliphatic rings. The Morgan fingerprint density at radius 1 is 1.29 bits per heavy atom. The van der Waals surface area contributed by atoms with Gasteiger partial charge in [-0.1, -0.05) is 24.4 Å². The highest BCUT2D eigenvalue weighted by Crippen LogP contribution is 2.17. The van der Waals surface area contributed by atoms with E-state index in [-0.39, 0.29) is 11.5 Å². The molecule has 1 aliphatic heterocycles. The largest absolute Gasteiger partial charge is 0.492 e. The molecule has 1 fully saturated rings. The van der Waals surface area contributed by atoms with Crippen LogP contribution in [0.15, 0.2) is 24.3 Å². The Balaban J connectivity index is 1.86. The molecule has 7 heteroatoms. The second kappa shape index (κ2) is 7.20. The topological polar surface area (TPSA) is 72.6 Å². The number of hydrogen-bond acceptors (Lipinski definition) is 5. The maximum atomic E-state index is 11.5. The summed E-state index contributed by atoms with van der Waals surface area (Å²) in [4.78, 5) is 2.43. The van der Waals surface area contributed by atoms with Gasteiger partial charge in [-0.15, -0.1) is 0 Å². The Labute approximate surface area is 131 Å². The van der Waals surface area contributed by atoms with E-state index in [1.54, 1.807) is 0 Å². The van der Waals surface area contributed by atoms with Crippen molar-refractivity contribution < 1.29 is 13.2 Å². The summed E-state index contributed by atoms with van der Waals surface area (Å²) in [5.74, 6) is 1.19. The van der Waals surface area contributed by atoms with Gasteiger partial charge >= 0.3 is 0 Å². The van der Waals surface area contributed by atoms with E-state index in [0.717, 1.165) is 12.1 Å². The fourth-order valence-corrected chi connectivity index (χ4v) is 3.77. The highest BCUT2D eigenvalue weighted by molar-refractivity contribution is 7.91. The number of benzene rings is 1. The van der Waals surface area contributed by atoms with Crippen LogP contribution in [0.5, 0.6) is 5.75 Å². The highest BCUT2D eigenvalue weighted by Gasteiger charge is 2.18. The van der Waals surface area contributed by atoms with Gasteiger partial charge in [0.2, 0.25) is 0 Å². The highest BCUT2D eigenvalue weighted by atomic mass is 32.2. The average Bonchev–Trinajstić information content (AvgIpc) is 2.60. The van der Waals surface area contributed by atoms with Gasteiger partial charge in [0.15, 0.2) is 9.84 Å². The Kier molecular flexibility index (Phi) is 5.55. The SMILES string of the molecule is NC(=S)c1ccccc1OCCN1CCCS(=O)(=O)CC1. The van der Waals surface area contributed by atoms with E-state index < -0.39 is 9.84 Å². The third kappa shape index (κ3) is 4.94. The molecule has 116 valence electrons. The van der Waals surface area contributed by atoms with Crippen molar-refractivity contribution in [1.29, 1.82) is 0 Å². The van der Waals surface area contributed by atoms with Crippen LogP contribution in [0.2, 0.25) is 0 Å². The first-order chi connectivity index (χ1) is 9.98. The van der Waals surface area contributed by atoms with E-state index in [9.17, 15) is 8.42 Å². The molecular formula is C14H20N2O3S2. The molecule has 2 rings (SSSR count). The Morgan fingerprint density at radius 2 is 2.05 bits per heavy atom. The number of nitrogens with zero attached hydrogens (tertiary/aromatic N) is 1. The van der Waals surface area contributed by atoms with Gasteiger partial charge in [-0.2, -0.15) is 0 Å². The smallest absolute Gasteiger partial charge is 0.151 e. The van der Waals surface area contributed by atoms with Crippen LogP contribution < -0.4 is 10.5 Å². The summed E-state index contributed by atoms with van der Waals surface area (Å²) in [5, 5.41) is 0. The summed E-state index contributed by atoms with van der Waals surface area (Å²) in [6.07, 6.45) is 0.686. The second-order valence-electron chi connectivity index (χ2n) is 5.06. The summed E-state index contributed by atoms with van der Waals surface area (Å²) < 4.78 is 28.8. The number of thiocarbonyl (C=S) groups is 1. The molecule has 0 atom stereocenters. The predicted octanol–water partition coefficient (Wildman–Crippen LogP) is 0.820. The lowest BCUT2D eigenvalue weighted by Gasteiger charge is -2.19. The molecular weight excluding hydrogens is 308 g/mol. The van der Waals surface area contributed by atoms with Gasteiger partial charge in [0.05, 0.1) is 17.1 Å². The summed E-state index contributed by atoms with van der Waals surface area (Å²) in [5.41, 5.74) is 6.38. The van der Waals surface area contributed by atoms with E-state index in [1.807, 2.05) is 24.3 Å².